The number of aromatic nitrogens is 1. The van der Waals surface area contributed by atoms with Gasteiger partial charge in [-0.1, -0.05) is 41.4 Å². The molecule has 2 aromatic heterocycles. The number of carbonyl (C=O) groups excluding carboxylic acids is 1. The average molecular weight is 414 g/mol. The van der Waals surface area contributed by atoms with Crippen molar-refractivity contribution in [3.63, 3.8) is 0 Å². The molecule has 27 heavy (non-hydrogen) atoms. The second-order valence-electron chi connectivity index (χ2n) is 5.87. The van der Waals surface area contributed by atoms with Crippen molar-refractivity contribution in [2.24, 2.45) is 0 Å². The van der Waals surface area contributed by atoms with Gasteiger partial charge in [0.25, 0.3) is 5.91 Å². The van der Waals surface area contributed by atoms with Gasteiger partial charge in [-0.15, -0.1) is 11.3 Å². The minimum absolute atomic E-state index is 0.286. The molecule has 4 rings (SSSR count). The molecule has 7 heteroatoms. The number of hydrogen-bond donors (Lipinski definition) is 2. The van der Waals surface area contributed by atoms with Gasteiger partial charge in [-0.25, -0.2) is 4.98 Å². The standard InChI is InChI=1S/C20H13Cl2N3OS/c21-12-6-4-11(5-7-12)16-9-8-15-17(23)18(27-20(15)25-16)19(26)24-14-3-1-2-13(22)10-14/h1-10H,23H2,(H,24,26). The van der Waals surface area contributed by atoms with Crippen molar-refractivity contribution in [2.75, 3.05) is 11.1 Å². The molecule has 4 aromatic rings. The number of nitrogen functional groups attached to an aromatic ring is 1. The number of halogens is 2. The van der Waals surface area contributed by atoms with Crippen molar-refractivity contribution >= 4 is 62.0 Å². The monoisotopic (exact) mass is 413 g/mol. The Kier molecular flexibility index (Phi) is 4.74. The third-order valence-corrected chi connectivity index (χ3v) is 5.62. The van der Waals surface area contributed by atoms with Crippen LogP contribution in [-0.2, 0) is 0 Å². The lowest BCUT2D eigenvalue weighted by atomic mass is 10.1. The fourth-order valence-corrected chi connectivity index (χ4v) is 4.01. The summed E-state index contributed by atoms with van der Waals surface area (Å²) in [5.74, 6) is -0.286. The van der Waals surface area contributed by atoms with Crippen molar-refractivity contribution in [3.8, 4) is 11.3 Å². The Morgan fingerprint density at radius 3 is 2.52 bits per heavy atom. The summed E-state index contributed by atoms with van der Waals surface area (Å²) in [6.07, 6.45) is 0. The third-order valence-electron chi connectivity index (χ3n) is 4.02. The summed E-state index contributed by atoms with van der Waals surface area (Å²) < 4.78 is 0. The molecule has 3 N–H and O–H groups in total. The summed E-state index contributed by atoms with van der Waals surface area (Å²) in [6, 6.07) is 18.2. The highest BCUT2D eigenvalue weighted by Gasteiger charge is 2.18. The predicted molar refractivity (Wildman–Crippen MR) is 114 cm³/mol. The zero-order chi connectivity index (χ0) is 19.0. The highest BCUT2D eigenvalue weighted by Crippen LogP contribution is 2.35. The van der Waals surface area contributed by atoms with E-state index in [0.717, 1.165) is 16.6 Å². The maximum Gasteiger partial charge on any atom is 0.267 e. The number of carbonyl (C=O) groups is 1. The molecule has 2 heterocycles. The molecule has 0 saturated carbocycles. The highest BCUT2D eigenvalue weighted by molar-refractivity contribution is 7.21. The maximum atomic E-state index is 12.6. The molecular formula is C20H13Cl2N3OS. The number of pyridine rings is 1. The van der Waals surface area contributed by atoms with Crippen LogP contribution in [-0.4, -0.2) is 10.9 Å². The zero-order valence-electron chi connectivity index (χ0n) is 13.9. The van der Waals surface area contributed by atoms with Gasteiger partial charge in [-0.2, -0.15) is 0 Å². The van der Waals surface area contributed by atoms with Crippen LogP contribution in [0.5, 0.6) is 0 Å². The van der Waals surface area contributed by atoms with Gasteiger partial charge in [-0.05, 0) is 42.5 Å². The van der Waals surface area contributed by atoms with E-state index < -0.39 is 0 Å². The molecule has 0 bridgehead atoms. The molecule has 4 nitrogen and oxygen atoms in total. The van der Waals surface area contributed by atoms with E-state index in [4.69, 9.17) is 28.9 Å². The number of anilines is 2. The van der Waals surface area contributed by atoms with Crippen molar-refractivity contribution < 1.29 is 4.79 Å². The summed E-state index contributed by atoms with van der Waals surface area (Å²) >= 11 is 13.2. The number of thiophene rings is 1. The summed E-state index contributed by atoms with van der Waals surface area (Å²) in [7, 11) is 0. The van der Waals surface area contributed by atoms with Crippen LogP contribution in [0.4, 0.5) is 11.4 Å². The normalized spacial score (nSPS) is 10.9. The molecule has 0 aliphatic heterocycles. The van der Waals surface area contributed by atoms with Crippen LogP contribution in [0.1, 0.15) is 9.67 Å². The number of fused-ring (bicyclic) bond motifs is 1. The first-order chi connectivity index (χ1) is 13.0. The summed E-state index contributed by atoms with van der Waals surface area (Å²) in [4.78, 5) is 18.4. The van der Waals surface area contributed by atoms with Crippen LogP contribution in [0.2, 0.25) is 10.0 Å². The number of nitrogens with zero attached hydrogens (tertiary/aromatic N) is 1. The fourth-order valence-electron chi connectivity index (χ4n) is 2.70. The van der Waals surface area contributed by atoms with Gasteiger partial charge in [0.05, 0.1) is 11.4 Å². The average Bonchev–Trinajstić information content (AvgIpc) is 2.99. The molecule has 0 spiro atoms. The van der Waals surface area contributed by atoms with Crippen molar-refractivity contribution in [1.29, 1.82) is 0 Å². The summed E-state index contributed by atoms with van der Waals surface area (Å²) in [5.41, 5.74) is 8.97. The Balaban J connectivity index is 1.68. The van der Waals surface area contributed by atoms with E-state index in [9.17, 15) is 4.79 Å². The lowest BCUT2D eigenvalue weighted by Crippen LogP contribution is -2.11. The van der Waals surface area contributed by atoms with E-state index in [1.807, 2.05) is 36.4 Å². The van der Waals surface area contributed by atoms with Gasteiger partial charge in [0.2, 0.25) is 0 Å². The highest BCUT2D eigenvalue weighted by atomic mass is 35.5. The first kappa shape index (κ1) is 17.8. The Morgan fingerprint density at radius 1 is 1.00 bits per heavy atom. The molecule has 2 aromatic carbocycles. The summed E-state index contributed by atoms with van der Waals surface area (Å²) in [5, 5.41) is 4.79. The van der Waals surface area contributed by atoms with E-state index in [2.05, 4.69) is 10.3 Å². The van der Waals surface area contributed by atoms with Gasteiger partial charge in [0, 0.05) is 26.7 Å². The number of nitrogens with one attached hydrogen (secondary N) is 1. The fraction of sp³-hybridized carbons (Fsp3) is 0. The lowest BCUT2D eigenvalue weighted by molar-refractivity contribution is 0.103. The van der Waals surface area contributed by atoms with Gasteiger partial charge in [-0.3, -0.25) is 4.79 Å². The molecular weight excluding hydrogens is 401 g/mol. The van der Waals surface area contributed by atoms with Crippen LogP contribution in [0, 0.1) is 0 Å². The smallest absolute Gasteiger partial charge is 0.267 e. The number of hydrogen-bond acceptors (Lipinski definition) is 4. The van der Waals surface area contributed by atoms with Crippen molar-refractivity contribution in [2.45, 2.75) is 0 Å². The Hall–Kier alpha value is -2.60. The SMILES string of the molecule is Nc1c(C(=O)Nc2cccc(Cl)c2)sc2nc(-c3ccc(Cl)cc3)ccc12. The van der Waals surface area contributed by atoms with Crippen molar-refractivity contribution in [3.05, 3.63) is 75.6 Å². The Bertz CT molecular complexity index is 1160. The quantitative estimate of drug-likeness (QED) is 0.425. The second-order valence-corrected chi connectivity index (χ2v) is 7.74. The molecule has 0 fully saturated rings. The van der Waals surface area contributed by atoms with Gasteiger partial charge in [0.1, 0.15) is 9.71 Å². The predicted octanol–water partition coefficient (Wildman–Crippen LogP) is 6.10. The minimum atomic E-state index is -0.286. The molecule has 0 unspecified atom stereocenters. The van der Waals surface area contributed by atoms with Gasteiger partial charge >= 0.3 is 0 Å². The van der Waals surface area contributed by atoms with Crippen LogP contribution >= 0.6 is 34.5 Å². The third kappa shape index (κ3) is 3.62. The molecule has 1 amide bonds. The molecule has 0 atom stereocenters. The Labute approximate surface area is 169 Å². The molecule has 134 valence electrons. The van der Waals surface area contributed by atoms with Crippen LogP contribution in [0.15, 0.2) is 60.7 Å². The topological polar surface area (TPSA) is 68.0 Å². The molecule has 0 saturated heterocycles. The van der Waals surface area contributed by atoms with Crippen LogP contribution < -0.4 is 11.1 Å². The second kappa shape index (κ2) is 7.19. The van der Waals surface area contributed by atoms with E-state index in [-0.39, 0.29) is 5.91 Å². The number of amides is 1. The minimum Gasteiger partial charge on any atom is -0.397 e. The van der Waals surface area contributed by atoms with Crippen molar-refractivity contribution in [1.82, 2.24) is 4.98 Å². The largest absolute Gasteiger partial charge is 0.397 e. The Morgan fingerprint density at radius 2 is 1.78 bits per heavy atom. The first-order valence-electron chi connectivity index (χ1n) is 8.03. The van der Waals surface area contributed by atoms with E-state index in [1.54, 1.807) is 24.3 Å². The van der Waals surface area contributed by atoms with E-state index in [1.165, 1.54) is 11.3 Å². The molecule has 0 aliphatic rings. The van der Waals surface area contributed by atoms with Crippen LogP contribution in [0.3, 0.4) is 0 Å². The van der Waals surface area contributed by atoms with E-state index in [0.29, 0.717) is 31.1 Å². The van der Waals surface area contributed by atoms with Gasteiger partial charge < -0.3 is 11.1 Å². The first-order valence-corrected chi connectivity index (χ1v) is 9.60. The molecule has 0 aliphatic carbocycles. The number of benzene rings is 2. The number of nitrogens with two attached hydrogens (primary N) is 1. The van der Waals surface area contributed by atoms with Crippen LogP contribution in [0.25, 0.3) is 21.5 Å². The lowest BCUT2D eigenvalue weighted by Gasteiger charge is -2.04. The van der Waals surface area contributed by atoms with Gasteiger partial charge in [0.15, 0.2) is 0 Å². The number of rotatable bonds is 3. The molecule has 0 radical (unpaired) electrons. The summed E-state index contributed by atoms with van der Waals surface area (Å²) in [6.45, 7) is 0. The maximum absolute atomic E-state index is 12.6. The van der Waals surface area contributed by atoms with E-state index >= 15 is 0 Å². The zero-order valence-corrected chi connectivity index (χ0v) is 16.2.